The molecule has 0 radical (unpaired) electrons. The van der Waals surface area contributed by atoms with Crippen molar-refractivity contribution < 1.29 is 13.2 Å². The maximum Gasteiger partial charge on any atom is 0.391 e. The molecule has 0 amide bonds. The number of aliphatic imine (C=N–C) groups is 1. The molecule has 1 aliphatic rings. The first-order chi connectivity index (χ1) is 11.9. The summed E-state index contributed by atoms with van der Waals surface area (Å²) in [5.41, 5.74) is 2.35. The summed E-state index contributed by atoms with van der Waals surface area (Å²) in [5, 5.41) is 6.47. The van der Waals surface area contributed by atoms with E-state index in [0.717, 1.165) is 18.5 Å². The molecule has 26 heavy (non-hydrogen) atoms. The SMILES string of the molecule is CCNC(=NCCc1ccncc1C)NC1CCC(C(F)(F)F)CC1.I. The van der Waals surface area contributed by atoms with E-state index in [0.29, 0.717) is 25.3 Å². The lowest BCUT2D eigenvalue weighted by Gasteiger charge is -2.31. The van der Waals surface area contributed by atoms with Gasteiger partial charge in [0.25, 0.3) is 0 Å². The first-order valence-electron chi connectivity index (χ1n) is 8.91. The second-order valence-electron chi connectivity index (χ2n) is 6.55. The Hall–Kier alpha value is -1.06. The molecule has 1 fully saturated rings. The third-order valence-electron chi connectivity index (χ3n) is 4.66. The van der Waals surface area contributed by atoms with Crippen LogP contribution in [0.15, 0.2) is 23.5 Å². The van der Waals surface area contributed by atoms with Crippen molar-refractivity contribution in [2.75, 3.05) is 13.1 Å². The van der Waals surface area contributed by atoms with Crippen LogP contribution in [0.1, 0.15) is 43.7 Å². The Balaban J connectivity index is 0.00000338. The summed E-state index contributed by atoms with van der Waals surface area (Å²) in [5.74, 6) is -0.468. The van der Waals surface area contributed by atoms with Gasteiger partial charge in [0.1, 0.15) is 0 Å². The Labute approximate surface area is 170 Å². The van der Waals surface area contributed by atoms with Crippen molar-refractivity contribution in [2.24, 2.45) is 10.9 Å². The minimum Gasteiger partial charge on any atom is -0.357 e. The summed E-state index contributed by atoms with van der Waals surface area (Å²) >= 11 is 0. The van der Waals surface area contributed by atoms with Crippen LogP contribution in [0.2, 0.25) is 0 Å². The number of aromatic nitrogens is 1. The lowest BCUT2D eigenvalue weighted by Crippen LogP contribution is -2.46. The number of nitrogens with zero attached hydrogens (tertiary/aromatic N) is 2. The minimum atomic E-state index is -4.06. The Kier molecular flexibility index (Phi) is 9.67. The molecular weight excluding hydrogens is 456 g/mol. The standard InChI is InChI=1S/C18H27F3N4.HI/c1-3-23-17(24-11-9-14-8-10-22-12-13(14)2)25-16-6-4-15(5-7-16)18(19,20)21;/h8,10,12,15-16H,3-7,9,11H2,1-2H3,(H2,23,24,25);1H. The molecule has 1 aliphatic carbocycles. The molecular formula is C18H28F3IN4. The van der Waals surface area contributed by atoms with Crippen molar-refractivity contribution in [3.8, 4) is 0 Å². The van der Waals surface area contributed by atoms with Gasteiger partial charge in [-0.3, -0.25) is 9.98 Å². The van der Waals surface area contributed by atoms with E-state index in [-0.39, 0.29) is 42.9 Å². The third kappa shape index (κ3) is 7.28. The van der Waals surface area contributed by atoms with Crippen LogP contribution >= 0.6 is 24.0 Å². The lowest BCUT2D eigenvalue weighted by molar-refractivity contribution is -0.182. The number of hydrogen-bond donors (Lipinski definition) is 2. The van der Waals surface area contributed by atoms with Gasteiger partial charge in [-0.25, -0.2) is 0 Å². The van der Waals surface area contributed by atoms with Gasteiger partial charge in [0.05, 0.1) is 5.92 Å². The smallest absolute Gasteiger partial charge is 0.357 e. The minimum absolute atomic E-state index is 0. The molecule has 0 aromatic carbocycles. The predicted molar refractivity (Wildman–Crippen MR) is 109 cm³/mol. The second kappa shape index (κ2) is 10.9. The highest BCUT2D eigenvalue weighted by atomic mass is 127. The maximum atomic E-state index is 12.8. The number of pyridine rings is 1. The van der Waals surface area contributed by atoms with Crippen LogP contribution in [0.25, 0.3) is 0 Å². The van der Waals surface area contributed by atoms with E-state index < -0.39 is 12.1 Å². The van der Waals surface area contributed by atoms with Crippen molar-refractivity contribution in [1.82, 2.24) is 15.6 Å². The van der Waals surface area contributed by atoms with Crippen LogP contribution in [-0.4, -0.2) is 36.3 Å². The first kappa shape index (κ1) is 23.0. The normalized spacial score (nSPS) is 21.0. The van der Waals surface area contributed by atoms with Crippen LogP contribution < -0.4 is 10.6 Å². The fraction of sp³-hybridized carbons (Fsp3) is 0.667. The van der Waals surface area contributed by atoms with E-state index in [4.69, 9.17) is 0 Å². The summed E-state index contributed by atoms with van der Waals surface area (Å²) in [6.07, 6.45) is 1.79. The van der Waals surface area contributed by atoms with Gasteiger partial charge in [-0.2, -0.15) is 13.2 Å². The van der Waals surface area contributed by atoms with Gasteiger partial charge in [-0.05, 0) is 63.1 Å². The number of rotatable bonds is 5. The van der Waals surface area contributed by atoms with E-state index >= 15 is 0 Å². The largest absolute Gasteiger partial charge is 0.391 e. The van der Waals surface area contributed by atoms with E-state index in [2.05, 4.69) is 20.6 Å². The quantitative estimate of drug-likeness (QED) is 0.374. The molecule has 1 saturated carbocycles. The molecule has 1 aromatic heterocycles. The summed E-state index contributed by atoms with van der Waals surface area (Å²) < 4.78 is 38.3. The van der Waals surface area contributed by atoms with Gasteiger partial charge in [-0.1, -0.05) is 0 Å². The van der Waals surface area contributed by atoms with Gasteiger partial charge in [-0.15, -0.1) is 24.0 Å². The molecule has 2 rings (SSSR count). The number of guanidine groups is 1. The zero-order chi connectivity index (χ0) is 18.3. The monoisotopic (exact) mass is 484 g/mol. The Bertz CT molecular complexity index is 570. The maximum absolute atomic E-state index is 12.8. The molecule has 0 spiro atoms. The van der Waals surface area contributed by atoms with Crippen LogP contribution in [0.3, 0.4) is 0 Å². The van der Waals surface area contributed by atoms with Crippen molar-refractivity contribution in [1.29, 1.82) is 0 Å². The Morgan fingerprint density at radius 1 is 1.27 bits per heavy atom. The van der Waals surface area contributed by atoms with Crippen molar-refractivity contribution in [3.05, 3.63) is 29.6 Å². The molecule has 0 atom stereocenters. The summed E-state index contributed by atoms with van der Waals surface area (Å²) in [6, 6.07) is 2.04. The molecule has 148 valence electrons. The zero-order valence-electron chi connectivity index (χ0n) is 15.3. The van der Waals surface area contributed by atoms with Gasteiger partial charge in [0.15, 0.2) is 5.96 Å². The highest BCUT2D eigenvalue weighted by Crippen LogP contribution is 2.37. The fourth-order valence-electron chi connectivity index (χ4n) is 3.15. The fourth-order valence-corrected chi connectivity index (χ4v) is 3.15. The molecule has 1 heterocycles. The number of halogens is 4. The summed E-state index contributed by atoms with van der Waals surface area (Å²) in [7, 11) is 0. The lowest BCUT2D eigenvalue weighted by atomic mass is 9.85. The average Bonchev–Trinajstić information content (AvgIpc) is 2.56. The number of hydrogen-bond acceptors (Lipinski definition) is 2. The number of alkyl halides is 3. The number of aryl methyl sites for hydroxylation is 1. The van der Waals surface area contributed by atoms with E-state index in [1.54, 1.807) is 6.20 Å². The summed E-state index contributed by atoms with van der Waals surface area (Å²) in [6.45, 7) is 5.34. The van der Waals surface area contributed by atoms with Gasteiger partial charge in [0.2, 0.25) is 0 Å². The molecule has 0 bridgehead atoms. The van der Waals surface area contributed by atoms with Crippen molar-refractivity contribution in [2.45, 2.75) is 58.2 Å². The third-order valence-corrected chi connectivity index (χ3v) is 4.66. The van der Waals surface area contributed by atoms with Gasteiger partial charge in [0, 0.05) is 31.5 Å². The molecule has 0 unspecified atom stereocenters. The van der Waals surface area contributed by atoms with E-state index in [1.165, 1.54) is 5.56 Å². The van der Waals surface area contributed by atoms with E-state index in [9.17, 15) is 13.2 Å². The predicted octanol–water partition coefficient (Wildman–Crippen LogP) is 4.23. The molecule has 1 aromatic rings. The van der Waals surface area contributed by atoms with Crippen LogP contribution in [-0.2, 0) is 6.42 Å². The number of nitrogens with one attached hydrogen (secondary N) is 2. The second-order valence-corrected chi connectivity index (χ2v) is 6.55. The molecule has 8 heteroatoms. The van der Waals surface area contributed by atoms with Gasteiger partial charge >= 0.3 is 6.18 Å². The van der Waals surface area contributed by atoms with Gasteiger partial charge < -0.3 is 10.6 Å². The Morgan fingerprint density at radius 3 is 2.54 bits per heavy atom. The van der Waals surface area contributed by atoms with E-state index in [1.807, 2.05) is 26.1 Å². The van der Waals surface area contributed by atoms with Crippen LogP contribution in [0.4, 0.5) is 13.2 Å². The highest BCUT2D eigenvalue weighted by molar-refractivity contribution is 14.0. The molecule has 0 aliphatic heterocycles. The topological polar surface area (TPSA) is 49.3 Å². The van der Waals surface area contributed by atoms with Crippen molar-refractivity contribution >= 4 is 29.9 Å². The average molecular weight is 484 g/mol. The van der Waals surface area contributed by atoms with Crippen LogP contribution in [0.5, 0.6) is 0 Å². The molecule has 2 N–H and O–H groups in total. The first-order valence-corrected chi connectivity index (χ1v) is 8.91. The van der Waals surface area contributed by atoms with Crippen LogP contribution in [0, 0.1) is 12.8 Å². The zero-order valence-corrected chi connectivity index (χ0v) is 17.6. The summed E-state index contributed by atoms with van der Waals surface area (Å²) in [4.78, 5) is 8.64. The highest BCUT2D eigenvalue weighted by Gasteiger charge is 2.41. The van der Waals surface area contributed by atoms with Crippen molar-refractivity contribution in [3.63, 3.8) is 0 Å². The molecule has 4 nitrogen and oxygen atoms in total. The molecule has 0 saturated heterocycles. The Morgan fingerprint density at radius 2 is 1.96 bits per heavy atom.